The molecule has 0 aromatic heterocycles. The van der Waals surface area contributed by atoms with Crippen LogP contribution in [0.15, 0.2) is 24.3 Å². The number of hydrogen-bond donors (Lipinski definition) is 0. The van der Waals surface area contributed by atoms with Crippen LogP contribution in [0.25, 0.3) is 0 Å². The number of carbonyl (C=O) groups excluding carboxylic acids is 3. The maximum absolute atomic E-state index is 12.6. The van der Waals surface area contributed by atoms with Gasteiger partial charge in [-0.2, -0.15) is 0 Å². The second-order valence-corrected chi connectivity index (χ2v) is 7.10. The lowest BCUT2D eigenvalue weighted by Gasteiger charge is -2.36. The molecule has 2 atom stereocenters. The molecule has 2 unspecified atom stereocenters. The van der Waals surface area contributed by atoms with Gasteiger partial charge in [0.05, 0.1) is 13.0 Å². The Hall–Kier alpha value is -2.37. The Labute approximate surface area is 167 Å². The number of amides is 1. The normalized spacial score (nSPS) is 17.7. The van der Waals surface area contributed by atoms with Crippen LogP contribution < -0.4 is 4.74 Å². The van der Waals surface area contributed by atoms with E-state index in [0.29, 0.717) is 17.9 Å². The van der Waals surface area contributed by atoms with E-state index in [0.717, 1.165) is 32.2 Å². The molecule has 1 amide bonds. The van der Waals surface area contributed by atoms with Gasteiger partial charge in [-0.15, -0.1) is 0 Å². The number of carbonyl (C=O) groups is 3. The zero-order chi connectivity index (χ0) is 20.5. The highest BCUT2D eigenvalue weighted by atomic mass is 16.5. The van der Waals surface area contributed by atoms with E-state index in [2.05, 4.69) is 6.92 Å². The zero-order valence-corrected chi connectivity index (χ0v) is 17.1. The predicted octanol–water partition coefficient (Wildman–Crippen LogP) is 3.77. The molecular weight excluding hydrogens is 358 g/mol. The van der Waals surface area contributed by atoms with Crippen molar-refractivity contribution in [1.82, 2.24) is 4.90 Å². The van der Waals surface area contributed by atoms with Gasteiger partial charge in [0.2, 0.25) is 0 Å². The lowest BCUT2D eigenvalue weighted by atomic mass is 9.99. The summed E-state index contributed by atoms with van der Waals surface area (Å²) in [6, 6.07) is 7.07. The van der Waals surface area contributed by atoms with Crippen molar-refractivity contribution in [3.8, 4) is 5.75 Å². The number of piperidine rings is 1. The van der Waals surface area contributed by atoms with E-state index in [9.17, 15) is 14.4 Å². The van der Waals surface area contributed by atoms with Crippen LogP contribution in [0.4, 0.5) is 0 Å². The van der Waals surface area contributed by atoms with E-state index >= 15 is 0 Å². The molecule has 0 N–H and O–H groups in total. The smallest absolute Gasteiger partial charge is 0.307 e. The Morgan fingerprint density at radius 2 is 1.82 bits per heavy atom. The molecule has 1 aliphatic rings. The third-order valence-corrected chi connectivity index (χ3v) is 5.08. The van der Waals surface area contributed by atoms with E-state index in [1.54, 1.807) is 31.2 Å². The molecule has 0 spiro atoms. The van der Waals surface area contributed by atoms with Crippen LogP contribution in [0.5, 0.6) is 5.75 Å². The fraction of sp³-hybridized carbons (Fsp3) is 0.591. The number of Topliss-reactive ketones (excluding diaryl/α,β-unsaturated/α-hetero) is 1. The molecule has 1 heterocycles. The predicted molar refractivity (Wildman–Crippen MR) is 106 cm³/mol. The van der Waals surface area contributed by atoms with Crippen molar-refractivity contribution in [3.63, 3.8) is 0 Å². The number of rotatable bonds is 9. The SMILES string of the molecule is CCOc1ccc(C(=O)CCC(=O)OC(C)C(=O)N2CCCCC2CC)cc1. The standard InChI is InChI=1S/C22H31NO5/c1-4-18-8-6-7-15-23(18)22(26)16(3)28-21(25)14-13-20(24)17-9-11-19(12-10-17)27-5-2/h9-12,16,18H,4-8,13-15H2,1-3H3. The first-order chi connectivity index (χ1) is 13.5. The molecule has 2 rings (SSSR count). The number of nitrogens with zero attached hydrogens (tertiary/aromatic N) is 1. The number of ether oxygens (including phenoxy) is 2. The number of esters is 1. The fourth-order valence-electron chi connectivity index (χ4n) is 3.52. The Morgan fingerprint density at radius 1 is 1.11 bits per heavy atom. The Bertz CT molecular complexity index is 670. The van der Waals surface area contributed by atoms with Gasteiger partial charge < -0.3 is 14.4 Å². The summed E-state index contributed by atoms with van der Waals surface area (Å²) in [6.45, 7) is 6.85. The van der Waals surface area contributed by atoms with Crippen LogP contribution in [-0.2, 0) is 14.3 Å². The van der Waals surface area contributed by atoms with Gasteiger partial charge in [0.1, 0.15) is 5.75 Å². The van der Waals surface area contributed by atoms with Crippen LogP contribution in [0.3, 0.4) is 0 Å². The Kier molecular flexibility index (Phi) is 8.48. The molecule has 6 heteroatoms. The maximum Gasteiger partial charge on any atom is 0.307 e. The highest BCUT2D eigenvalue weighted by Crippen LogP contribution is 2.21. The summed E-state index contributed by atoms with van der Waals surface area (Å²) in [7, 11) is 0. The van der Waals surface area contributed by atoms with Gasteiger partial charge in [-0.25, -0.2) is 0 Å². The van der Waals surface area contributed by atoms with E-state index in [1.165, 1.54) is 0 Å². The number of benzene rings is 1. The first-order valence-electron chi connectivity index (χ1n) is 10.2. The second-order valence-electron chi connectivity index (χ2n) is 7.10. The fourth-order valence-corrected chi connectivity index (χ4v) is 3.52. The second kappa shape index (κ2) is 10.8. The van der Waals surface area contributed by atoms with Crippen LogP contribution in [0.1, 0.15) is 69.7 Å². The van der Waals surface area contributed by atoms with Gasteiger partial charge >= 0.3 is 5.97 Å². The van der Waals surface area contributed by atoms with Gasteiger partial charge in [-0.05, 0) is 63.8 Å². The average Bonchev–Trinajstić information content (AvgIpc) is 2.72. The van der Waals surface area contributed by atoms with Crippen LogP contribution in [0.2, 0.25) is 0 Å². The molecule has 1 aromatic carbocycles. The van der Waals surface area contributed by atoms with Crippen molar-refractivity contribution in [2.75, 3.05) is 13.2 Å². The topological polar surface area (TPSA) is 72.9 Å². The van der Waals surface area contributed by atoms with Gasteiger partial charge in [0.25, 0.3) is 5.91 Å². The third-order valence-electron chi connectivity index (χ3n) is 5.08. The zero-order valence-electron chi connectivity index (χ0n) is 17.1. The summed E-state index contributed by atoms with van der Waals surface area (Å²) in [6.07, 6.45) is 3.21. The van der Waals surface area contributed by atoms with Crippen molar-refractivity contribution in [3.05, 3.63) is 29.8 Å². The first-order valence-corrected chi connectivity index (χ1v) is 10.2. The van der Waals surface area contributed by atoms with Gasteiger partial charge in [-0.3, -0.25) is 14.4 Å². The summed E-state index contributed by atoms with van der Waals surface area (Å²) in [5.74, 6) is -0.0992. The monoisotopic (exact) mass is 389 g/mol. The lowest BCUT2D eigenvalue weighted by molar-refractivity contribution is -0.160. The molecule has 0 aliphatic carbocycles. The quantitative estimate of drug-likeness (QED) is 0.475. The Morgan fingerprint density at radius 3 is 2.46 bits per heavy atom. The molecule has 1 saturated heterocycles. The summed E-state index contributed by atoms with van der Waals surface area (Å²) in [5, 5.41) is 0. The van der Waals surface area contributed by atoms with E-state index in [1.807, 2.05) is 11.8 Å². The van der Waals surface area contributed by atoms with Crippen molar-refractivity contribution in [1.29, 1.82) is 0 Å². The molecule has 0 saturated carbocycles. The van der Waals surface area contributed by atoms with Crippen molar-refractivity contribution in [2.24, 2.45) is 0 Å². The largest absolute Gasteiger partial charge is 0.494 e. The molecule has 6 nitrogen and oxygen atoms in total. The van der Waals surface area contributed by atoms with Crippen molar-refractivity contribution < 1.29 is 23.9 Å². The van der Waals surface area contributed by atoms with Crippen LogP contribution in [-0.4, -0.2) is 47.9 Å². The maximum atomic E-state index is 12.6. The van der Waals surface area contributed by atoms with Crippen LogP contribution >= 0.6 is 0 Å². The van der Waals surface area contributed by atoms with E-state index in [4.69, 9.17) is 9.47 Å². The number of hydrogen-bond acceptors (Lipinski definition) is 5. The van der Waals surface area contributed by atoms with Crippen molar-refractivity contribution in [2.45, 2.75) is 71.4 Å². The highest BCUT2D eigenvalue weighted by Gasteiger charge is 2.30. The van der Waals surface area contributed by atoms with E-state index in [-0.39, 0.29) is 30.6 Å². The first kappa shape index (κ1) is 21.9. The molecular formula is C22H31NO5. The summed E-state index contributed by atoms with van der Waals surface area (Å²) in [5.41, 5.74) is 0.527. The molecule has 1 aromatic rings. The minimum absolute atomic E-state index is 0.0408. The number of ketones is 1. The third kappa shape index (κ3) is 6.08. The summed E-state index contributed by atoms with van der Waals surface area (Å²) < 4.78 is 10.6. The molecule has 0 bridgehead atoms. The Balaban J connectivity index is 1.80. The van der Waals surface area contributed by atoms with E-state index < -0.39 is 12.1 Å². The van der Waals surface area contributed by atoms with Crippen molar-refractivity contribution >= 4 is 17.7 Å². The molecule has 0 radical (unpaired) electrons. The van der Waals surface area contributed by atoms with Gasteiger partial charge in [-0.1, -0.05) is 6.92 Å². The van der Waals surface area contributed by atoms with Crippen LogP contribution in [0, 0.1) is 0 Å². The lowest BCUT2D eigenvalue weighted by Crippen LogP contribution is -2.48. The minimum Gasteiger partial charge on any atom is -0.494 e. The number of likely N-dealkylation sites (tertiary alicyclic amines) is 1. The van der Waals surface area contributed by atoms with Gasteiger partial charge in [0.15, 0.2) is 11.9 Å². The van der Waals surface area contributed by atoms with Gasteiger partial charge in [0, 0.05) is 24.6 Å². The summed E-state index contributed by atoms with van der Waals surface area (Å²) >= 11 is 0. The molecule has 1 aliphatic heterocycles. The highest BCUT2D eigenvalue weighted by molar-refractivity contribution is 5.97. The summed E-state index contributed by atoms with van der Waals surface area (Å²) in [4.78, 5) is 38.8. The molecule has 1 fully saturated rings. The average molecular weight is 389 g/mol. The minimum atomic E-state index is -0.819. The molecule has 154 valence electrons. The molecule has 28 heavy (non-hydrogen) atoms.